The lowest BCUT2D eigenvalue weighted by atomic mass is 10.1. The summed E-state index contributed by atoms with van der Waals surface area (Å²) in [5, 5.41) is 26.2. The van der Waals surface area contributed by atoms with E-state index in [0.717, 1.165) is 18.2 Å². The van der Waals surface area contributed by atoms with Crippen LogP contribution < -0.4 is 11.1 Å². The van der Waals surface area contributed by atoms with E-state index in [-0.39, 0.29) is 5.69 Å². The minimum atomic E-state index is -5.46. The standard InChI is InChI=1S/C26H17F3N8O13S4/c27-13-8-12(51(39,40)41)2-3-14(13)34-36-23-17(53(45,46)47)5-10-6-18(54(48,49)50)24(25(38)21(10)22(23)30)37-35-15-7-11(1-4-16(15)52(42,43)44)31-20-9-19(28)32-26(29)33-20/h1-9,38H,30H2,(H,31,32,33)(H,39,40,41)(H,42,43,44)(H,45,46,47)(H,48,49,50). The molecule has 28 heteroatoms. The fourth-order valence-corrected chi connectivity index (χ4v) is 6.96. The molecular formula is C26H17F3N8O13S4. The van der Waals surface area contributed by atoms with Gasteiger partial charge in [0.15, 0.2) is 11.6 Å². The Morgan fingerprint density at radius 2 is 1.20 bits per heavy atom. The number of nitrogen functional groups attached to an aromatic ring is 1. The molecule has 0 unspecified atom stereocenters. The first-order valence-corrected chi connectivity index (χ1v) is 19.4. The summed E-state index contributed by atoms with van der Waals surface area (Å²) in [4.78, 5) is 1.65. The number of phenols is 1. The second-order valence-electron chi connectivity index (χ2n) is 10.4. The predicted octanol–water partition coefficient (Wildman–Crippen LogP) is 4.90. The van der Waals surface area contributed by atoms with Crippen LogP contribution in [0.1, 0.15) is 0 Å². The number of fused-ring (bicyclic) bond motifs is 1. The van der Waals surface area contributed by atoms with Crippen molar-refractivity contribution >= 4 is 91.2 Å². The molecule has 0 amide bonds. The third-order valence-electron chi connectivity index (χ3n) is 6.78. The lowest BCUT2D eigenvalue weighted by molar-refractivity contribution is 0.472. The van der Waals surface area contributed by atoms with Crippen molar-refractivity contribution in [2.45, 2.75) is 19.6 Å². The lowest BCUT2D eigenvalue weighted by Crippen LogP contribution is -2.04. The van der Waals surface area contributed by atoms with Crippen molar-refractivity contribution in [3.63, 3.8) is 0 Å². The van der Waals surface area contributed by atoms with Gasteiger partial charge in [-0.05, 0) is 53.9 Å². The molecule has 0 fully saturated rings. The number of phenolic OH excluding ortho intramolecular Hbond substituents is 1. The maximum atomic E-state index is 14.6. The van der Waals surface area contributed by atoms with Gasteiger partial charge in [0.2, 0.25) is 5.95 Å². The Hall–Kier alpha value is -5.75. The number of nitrogens with zero attached hydrogens (tertiary/aromatic N) is 6. The van der Waals surface area contributed by atoms with Crippen LogP contribution in [0.3, 0.4) is 0 Å². The Morgan fingerprint density at radius 3 is 1.76 bits per heavy atom. The predicted molar refractivity (Wildman–Crippen MR) is 176 cm³/mol. The Labute approximate surface area is 299 Å². The highest BCUT2D eigenvalue weighted by atomic mass is 32.2. The van der Waals surface area contributed by atoms with Crippen LogP contribution >= 0.6 is 0 Å². The number of aromatic hydroxyl groups is 1. The molecule has 0 saturated heterocycles. The van der Waals surface area contributed by atoms with E-state index in [1.807, 2.05) is 0 Å². The summed E-state index contributed by atoms with van der Waals surface area (Å²) in [6.45, 7) is 0. The third kappa shape index (κ3) is 8.39. The Bertz CT molecular complexity index is 2910. The molecule has 54 heavy (non-hydrogen) atoms. The summed E-state index contributed by atoms with van der Waals surface area (Å²) in [6.07, 6.45) is -1.49. The largest absolute Gasteiger partial charge is 0.505 e. The fraction of sp³-hybridized carbons (Fsp3) is 0. The number of halogens is 3. The van der Waals surface area contributed by atoms with Gasteiger partial charge < -0.3 is 16.2 Å². The van der Waals surface area contributed by atoms with Gasteiger partial charge in [-0.2, -0.15) is 52.4 Å². The van der Waals surface area contributed by atoms with Gasteiger partial charge in [-0.25, -0.2) is 4.39 Å². The molecule has 5 aromatic rings. The van der Waals surface area contributed by atoms with Crippen LogP contribution in [0.5, 0.6) is 5.75 Å². The molecule has 0 spiro atoms. The van der Waals surface area contributed by atoms with E-state index in [1.54, 1.807) is 0 Å². The highest BCUT2D eigenvalue weighted by molar-refractivity contribution is 7.86. The summed E-state index contributed by atoms with van der Waals surface area (Å²) in [6, 6.07) is 5.80. The first-order chi connectivity index (χ1) is 24.8. The molecule has 0 aliphatic rings. The Kier molecular flexibility index (Phi) is 10.2. The Balaban J connectivity index is 1.73. The molecule has 0 bridgehead atoms. The normalized spacial score (nSPS) is 12.9. The summed E-state index contributed by atoms with van der Waals surface area (Å²) in [5.74, 6) is -4.53. The minimum Gasteiger partial charge on any atom is -0.505 e. The van der Waals surface area contributed by atoms with Crippen molar-refractivity contribution in [2.75, 3.05) is 11.1 Å². The van der Waals surface area contributed by atoms with Gasteiger partial charge in [-0.15, -0.1) is 20.5 Å². The fourth-order valence-electron chi connectivity index (χ4n) is 4.53. The number of nitrogens with two attached hydrogens (primary N) is 1. The second-order valence-corrected chi connectivity index (χ2v) is 16.0. The van der Waals surface area contributed by atoms with Crippen molar-refractivity contribution in [1.29, 1.82) is 0 Å². The lowest BCUT2D eigenvalue weighted by Gasteiger charge is -2.14. The molecule has 8 N–H and O–H groups in total. The van der Waals surface area contributed by atoms with E-state index >= 15 is 0 Å². The number of anilines is 3. The number of hydrogen-bond acceptors (Lipinski definition) is 17. The number of benzene rings is 4. The summed E-state index contributed by atoms with van der Waals surface area (Å²) < 4.78 is 177. The molecule has 1 aromatic heterocycles. The molecule has 0 radical (unpaired) electrons. The van der Waals surface area contributed by atoms with Crippen LogP contribution in [0, 0.1) is 17.8 Å². The zero-order valence-electron chi connectivity index (χ0n) is 25.7. The molecule has 4 aromatic carbocycles. The van der Waals surface area contributed by atoms with Crippen molar-refractivity contribution in [3.05, 3.63) is 72.4 Å². The van der Waals surface area contributed by atoms with E-state index < -0.39 is 129 Å². The molecular weight excluding hydrogens is 818 g/mol. The number of aromatic nitrogens is 2. The van der Waals surface area contributed by atoms with Crippen molar-refractivity contribution < 1.29 is 70.2 Å². The second kappa shape index (κ2) is 13.9. The van der Waals surface area contributed by atoms with Crippen LogP contribution in [-0.2, 0) is 40.5 Å². The van der Waals surface area contributed by atoms with E-state index in [0.29, 0.717) is 36.4 Å². The van der Waals surface area contributed by atoms with E-state index in [1.165, 1.54) is 0 Å². The van der Waals surface area contributed by atoms with Crippen molar-refractivity contribution in [3.8, 4) is 5.75 Å². The summed E-state index contributed by atoms with van der Waals surface area (Å²) in [7, 11) is -20.8. The van der Waals surface area contributed by atoms with Gasteiger partial charge in [0, 0.05) is 11.8 Å². The summed E-state index contributed by atoms with van der Waals surface area (Å²) >= 11 is 0. The van der Waals surface area contributed by atoms with Crippen LogP contribution in [0.2, 0.25) is 0 Å². The zero-order chi connectivity index (χ0) is 40.1. The van der Waals surface area contributed by atoms with Gasteiger partial charge in [-0.3, -0.25) is 18.2 Å². The van der Waals surface area contributed by atoms with Gasteiger partial charge >= 0.3 is 6.08 Å². The SMILES string of the molecule is Nc1c(N=Nc2ccc(S(=O)(=O)O)cc2F)c(S(=O)(=O)O)cc2cc(S(=O)(=O)O)c(N=Nc3cc(Nc4cc(F)nc(F)n4)ccc3S(=O)(=O)O)c(O)c12. The average molecular weight is 835 g/mol. The molecule has 21 nitrogen and oxygen atoms in total. The molecule has 1 heterocycles. The number of azo groups is 2. The number of nitrogens with one attached hydrogen (secondary N) is 1. The van der Waals surface area contributed by atoms with Crippen molar-refractivity contribution in [2.24, 2.45) is 20.5 Å². The minimum absolute atomic E-state index is 0.215. The van der Waals surface area contributed by atoms with E-state index in [9.17, 15) is 65.6 Å². The van der Waals surface area contributed by atoms with Crippen molar-refractivity contribution in [1.82, 2.24) is 9.97 Å². The van der Waals surface area contributed by atoms with E-state index in [4.69, 9.17) is 10.3 Å². The van der Waals surface area contributed by atoms with Crippen LogP contribution in [0.25, 0.3) is 10.8 Å². The molecule has 0 atom stereocenters. The molecule has 0 aliphatic heterocycles. The van der Waals surface area contributed by atoms with Crippen LogP contribution in [-0.4, -0.2) is 67.0 Å². The van der Waals surface area contributed by atoms with Crippen LogP contribution in [0.4, 0.5) is 53.1 Å². The topological polar surface area (TPSA) is 351 Å². The molecule has 0 aliphatic carbocycles. The highest BCUT2D eigenvalue weighted by Crippen LogP contribution is 2.48. The quantitative estimate of drug-likeness (QED) is 0.0323. The monoisotopic (exact) mass is 834 g/mol. The van der Waals surface area contributed by atoms with E-state index in [2.05, 4.69) is 35.7 Å². The van der Waals surface area contributed by atoms with Gasteiger partial charge in [-0.1, -0.05) is 0 Å². The number of hydrogen-bond donors (Lipinski definition) is 7. The maximum Gasteiger partial charge on any atom is 0.313 e. The maximum absolute atomic E-state index is 14.6. The van der Waals surface area contributed by atoms with Gasteiger partial charge in [0.25, 0.3) is 40.5 Å². The molecule has 5 rings (SSSR count). The molecule has 284 valence electrons. The summed E-state index contributed by atoms with van der Waals surface area (Å²) in [5.41, 5.74) is 1.10. The highest BCUT2D eigenvalue weighted by Gasteiger charge is 2.28. The number of rotatable bonds is 10. The first kappa shape index (κ1) is 39.5. The smallest absolute Gasteiger partial charge is 0.313 e. The van der Waals surface area contributed by atoms with Crippen LogP contribution in [0.15, 0.2) is 94.6 Å². The first-order valence-electron chi connectivity index (χ1n) is 13.6. The zero-order valence-corrected chi connectivity index (χ0v) is 29.0. The van der Waals surface area contributed by atoms with Gasteiger partial charge in [0.05, 0.1) is 16.0 Å². The Morgan fingerprint density at radius 1 is 0.630 bits per heavy atom. The molecule has 0 saturated carbocycles. The third-order valence-corrected chi connectivity index (χ3v) is 10.3. The average Bonchev–Trinajstić information content (AvgIpc) is 3.01. The van der Waals surface area contributed by atoms with Gasteiger partial charge in [0.1, 0.15) is 43.3 Å².